The molecule has 1 unspecified atom stereocenters. The van der Waals surface area contributed by atoms with Crippen LogP contribution in [0.3, 0.4) is 0 Å². The molecule has 0 saturated carbocycles. The summed E-state index contributed by atoms with van der Waals surface area (Å²) in [6.07, 6.45) is 4.21. The van der Waals surface area contributed by atoms with Gasteiger partial charge in [0.2, 0.25) is 0 Å². The van der Waals surface area contributed by atoms with Crippen LogP contribution >= 0.6 is 0 Å². The first kappa shape index (κ1) is 14.7. The van der Waals surface area contributed by atoms with Crippen molar-refractivity contribution in [2.24, 2.45) is 0 Å². The number of nitrogens with zero attached hydrogens (tertiary/aromatic N) is 3. The molecule has 0 aliphatic carbocycles. The van der Waals surface area contributed by atoms with E-state index in [-0.39, 0.29) is 0 Å². The molecular formula is C18H22N4. The third-order valence-electron chi connectivity index (χ3n) is 3.94. The Hall–Kier alpha value is -2.20. The van der Waals surface area contributed by atoms with E-state index >= 15 is 0 Å². The van der Waals surface area contributed by atoms with E-state index in [1.54, 1.807) is 0 Å². The third kappa shape index (κ3) is 3.52. The number of benzene rings is 1. The minimum absolute atomic E-state index is 0.441. The number of fused-ring (bicyclic) bond motifs is 1. The van der Waals surface area contributed by atoms with Gasteiger partial charge in [-0.1, -0.05) is 35.9 Å². The van der Waals surface area contributed by atoms with Crippen LogP contribution < -0.4 is 5.32 Å². The van der Waals surface area contributed by atoms with E-state index in [1.165, 1.54) is 11.1 Å². The standard InChI is InChI=1S/C18H22N4/c1-14-6-5-7-16(12-14)10-9-15(2)19-13-18-21-20-17-8-3-4-11-22(17)18/h3-8,11-12,15,19H,9-10,13H2,1-2H3. The largest absolute Gasteiger partial charge is 0.307 e. The predicted octanol–water partition coefficient (Wildman–Crippen LogP) is 3.15. The summed E-state index contributed by atoms with van der Waals surface area (Å²) in [6.45, 7) is 5.10. The van der Waals surface area contributed by atoms with Gasteiger partial charge in [-0.25, -0.2) is 0 Å². The van der Waals surface area contributed by atoms with Gasteiger partial charge in [0, 0.05) is 12.2 Å². The maximum Gasteiger partial charge on any atom is 0.160 e. The SMILES string of the molecule is Cc1cccc(CCC(C)NCc2nnc3ccccn23)c1. The van der Waals surface area contributed by atoms with Gasteiger partial charge in [0.15, 0.2) is 11.5 Å². The summed E-state index contributed by atoms with van der Waals surface area (Å²) in [6, 6.07) is 15.1. The zero-order valence-electron chi connectivity index (χ0n) is 13.2. The number of nitrogens with one attached hydrogen (secondary N) is 1. The molecular weight excluding hydrogens is 272 g/mol. The molecule has 0 fully saturated rings. The Balaban J connectivity index is 1.53. The van der Waals surface area contributed by atoms with Crippen molar-refractivity contribution in [3.63, 3.8) is 0 Å². The topological polar surface area (TPSA) is 42.2 Å². The van der Waals surface area contributed by atoms with E-state index in [0.717, 1.165) is 30.9 Å². The van der Waals surface area contributed by atoms with Crippen molar-refractivity contribution in [3.8, 4) is 0 Å². The fourth-order valence-corrected chi connectivity index (χ4v) is 2.63. The molecule has 1 atom stereocenters. The molecule has 4 nitrogen and oxygen atoms in total. The summed E-state index contributed by atoms with van der Waals surface area (Å²) in [4.78, 5) is 0. The average Bonchev–Trinajstić information content (AvgIpc) is 2.94. The summed E-state index contributed by atoms with van der Waals surface area (Å²) < 4.78 is 2.03. The van der Waals surface area contributed by atoms with Crippen molar-refractivity contribution in [3.05, 3.63) is 65.6 Å². The molecule has 0 amide bonds. The van der Waals surface area contributed by atoms with Crippen LogP contribution in [-0.4, -0.2) is 20.6 Å². The Morgan fingerprint density at radius 3 is 2.91 bits per heavy atom. The molecule has 2 aromatic heterocycles. The average molecular weight is 294 g/mol. The zero-order chi connectivity index (χ0) is 15.4. The maximum absolute atomic E-state index is 4.25. The predicted molar refractivity (Wildman–Crippen MR) is 88.8 cm³/mol. The van der Waals surface area contributed by atoms with Crippen molar-refractivity contribution in [1.29, 1.82) is 0 Å². The fraction of sp³-hybridized carbons (Fsp3) is 0.333. The van der Waals surface area contributed by atoms with E-state index in [2.05, 4.69) is 53.6 Å². The van der Waals surface area contributed by atoms with E-state index in [0.29, 0.717) is 6.04 Å². The lowest BCUT2D eigenvalue weighted by molar-refractivity contribution is 0.503. The van der Waals surface area contributed by atoms with Crippen LogP contribution in [0, 0.1) is 6.92 Å². The quantitative estimate of drug-likeness (QED) is 0.759. The summed E-state index contributed by atoms with van der Waals surface area (Å²) in [5.74, 6) is 0.956. The van der Waals surface area contributed by atoms with Crippen molar-refractivity contribution in [2.45, 2.75) is 39.3 Å². The molecule has 1 aromatic carbocycles. The number of hydrogen-bond donors (Lipinski definition) is 1. The summed E-state index contributed by atoms with van der Waals surface area (Å²) in [5.41, 5.74) is 3.63. The molecule has 0 aliphatic heterocycles. The third-order valence-corrected chi connectivity index (χ3v) is 3.94. The van der Waals surface area contributed by atoms with Crippen LogP contribution in [0.15, 0.2) is 48.7 Å². The summed E-state index contributed by atoms with van der Waals surface area (Å²) in [7, 11) is 0. The van der Waals surface area contributed by atoms with Crippen LogP contribution in [0.5, 0.6) is 0 Å². The Labute approximate surface area is 131 Å². The van der Waals surface area contributed by atoms with Gasteiger partial charge in [-0.3, -0.25) is 4.40 Å². The molecule has 0 radical (unpaired) electrons. The Bertz CT molecular complexity index is 747. The van der Waals surface area contributed by atoms with Gasteiger partial charge in [-0.2, -0.15) is 0 Å². The van der Waals surface area contributed by atoms with Crippen molar-refractivity contribution < 1.29 is 0 Å². The fourth-order valence-electron chi connectivity index (χ4n) is 2.63. The number of rotatable bonds is 6. The van der Waals surface area contributed by atoms with Gasteiger partial charge in [0.25, 0.3) is 0 Å². The molecule has 4 heteroatoms. The second-order valence-electron chi connectivity index (χ2n) is 5.85. The monoisotopic (exact) mass is 294 g/mol. The molecule has 1 N–H and O–H groups in total. The molecule has 22 heavy (non-hydrogen) atoms. The molecule has 0 aliphatic rings. The van der Waals surface area contributed by atoms with Crippen molar-refractivity contribution in [2.75, 3.05) is 0 Å². The van der Waals surface area contributed by atoms with Crippen LogP contribution in [0.25, 0.3) is 5.65 Å². The number of hydrogen-bond acceptors (Lipinski definition) is 3. The Morgan fingerprint density at radius 1 is 1.14 bits per heavy atom. The highest BCUT2D eigenvalue weighted by atomic mass is 15.3. The van der Waals surface area contributed by atoms with Crippen LogP contribution in [0.2, 0.25) is 0 Å². The van der Waals surface area contributed by atoms with Gasteiger partial charge in [0.1, 0.15) is 0 Å². The minimum Gasteiger partial charge on any atom is -0.307 e. The Morgan fingerprint density at radius 2 is 2.05 bits per heavy atom. The Kier molecular flexibility index (Phi) is 4.49. The van der Waals surface area contributed by atoms with E-state index in [9.17, 15) is 0 Å². The van der Waals surface area contributed by atoms with Crippen molar-refractivity contribution in [1.82, 2.24) is 19.9 Å². The van der Waals surface area contributed by atoms with Gasteiger partial charge < -0.3 is 5.32 Å². The second kappa shape index (κ2) is 6.71. The normalized spacial score (nSPS) is 12.6. The van der Waals surface area contributed by atoms with E-state index in [4.69, 9.17) is 0 Å². The van der Waals surface area contributed by atoms with Crippen LogP contribution in [-0.2, 0) is 13.0 Å². The molecule has 3 rings (SSSR count). The lowest BCUT2D eigenvalue weighted by Crippen LogP contribution is -2.27. The first-order valence-electron chi connectivity index (χ1n) is 7.80. The van der Waals surface area contributed by atoms with Crippen LogP contribution in [0.4, 0.5) is 0 Å². The highest BCUT2D eigenvalue weighted by Gasteiger charge is 2.07. The molecule has 0 bridgehead atoms. The number of pyridine rings is 1. The molecule has 0 spiro atoms. The maximum atomic E-state index is 4.25. The van der Waals surface area contributed by atoms with E-state index < -0.39 is 0 Å². The minimum atomic E-state index is 0.441. The summed E-state index contributed by atoms with van der Waals surface area (Å²) in [5, 5.41) is 12.0. The van der Waals surface area contributed by atoms with E-state index in [1.807, 2.05) is 28.8 Å². The van der Waals surface area contributed by atoms with Gasteiger partial charge in [0.05, 0.1) is 6.54 Å². The first-order chi connectivity index (χ1) is 10.7. The first-order valence-corrected chi connectivity index (χ1v) is 7.80. The lowest BCUT2D eigenvalue weighted by atomic mass is 10.0. The van der Waals surface area contributed by atoms with Gasteiger partial charge in [-0.05, 0) is 44.4 Å². The second-order valence-corrected chi connectivity index (χ2v) is 5.85. The van der Waals surface area contributed by atoms with Gasteiger partial charge >= 0.3 is 0 Å². The smallest absolute Gasteiger partial charge is 0.160 e. The molecule has 2 heterocycles. The van der Waals surface area contributed by atoms with Crippen molar-refractivity contribution >= 4 is 5.65 Å². The number of aromatic nitrogens is 3. The number of aryl methyl sites for hydroxylation is 2. The highest BCUT2D eigenvalue weighted by Crippen LogP contribution is 2.09. The summed E-state index contributed by atoms with van der Waals surface area (Å²) >= 11 is 0. The molecule has 114 valence electrons. The van der Waals surface area contributed by atoms with Gasteiger partial charge in [-0.15, -0.1) is 10.2 Å². The molecule has 3 aromatic rings. The lowest BCUT2D eigenvalue weighted by Gasteiger charge is -2.13. The van der Waals surface area contributed by atoms with Crippen LogP contribution in [0.1, 0.15) is 30.3 Å². The highest BCUT2D eigenvalue weighted by molar-refractivity contribution is 5.36. The molecule has 0 saturated heterocycles. The zero-order valence-corrected chi connectivity index (χ0v) is 13.2.